The number of aliphatic hydroxyl groups excluding tert-OH is 1. The van der Waals surface area contributed by atoms with Crippen LogP contribution < -0.4 is 10.1 Å². The molecule has 2 aromatic carbocycles. The first-order valence-corrected chi connectivity index (χ1v) is 9.43. The van der Waals surface area contributed by atoms with Gasteiger partial charge in [-0.25, -0.2) is 0 Å². The number of rotatable bonds is 6. The first-order valence-electron chi connectivity index (χ1n) is 9.43. The number of hydrogen-bond acceptors (Lipinski definition) is 4. The molecule has 0 spiro atoms. The number of β-amino-alcohol motifs (C(OH)–C–C–N with tert-alkyl or cyclic N) is 1. The summed E-state index contributed by atoms with van der Waals surface area (Å²) >= 11 is 0. The summed E-state index contributed by atoms with van der Waals surface area (Å²) in [5, 5.41) is 13.4. The number of fused-ring (bicyclic) bond motifs is 1. The van der Waals surface area contributed by atoms with Gasteiger partial charge in [0.25, 0.3) is 0 Å². The zero-order valence-corrected chi connectivity index (χ0v) is 16.2. The summed E-state index contributed by atoms with van der Waals surface area (Å²) in [4.78, 5) is 13.3. The fourth-order valence-corrected chi connectivity index (χ4v) is 3.39. The average molecular weight is 368 g/mol. The van der Waals surface area contributed by atoms with Gasteiger partial charge in [-0.1, -0.05) is 30.3 Å². The van der Waals surface area contributed by atoms with Crippen LogP contribution in [-0.4, -0.2) is 28.6 Å². The van der Waals surface area contributed by atoms with E-state index in [1.54, 1.807) is 0 Å². The molecule has 1 aliphatic heterocycles. The van der Waals surface area contributed by atoms with E-state index in [0.29, 0.717) is 13.1 Å². The van der Waals surface area contributed by atoms with E-state index in [4.69, 9.17) is 4.74 Å². The highest BCUT2D eigenvalue weighted by atomic mass is 16.5. The predicted molar refractivity (Wildman–Crippen MR) is 105 cm³/mol. The van der Waals surface area contributed by atoms with Gasteiger partial charge in [0, 0.05) is 33.1 Å². The molecule has 1 heterocycles. The summed E-state index contributed by atoms with van der Waals surface area (Å²) < 4.78 is 5.75. The van der Waals surface area contributed by atoms with Gasteiger partial charge in [-0.3, -0.25) is 9.69 Å². The van der Waals surface area contributed by atoms with E-state index < -0.39 is 6.10 Å². The van der Waals surface area contributed by atoms with Crippen LogP contribution in [0.25, 0.3) is 0 Å². The van der Waals surface area contributed by atoms with Crippen molar-refractivity contribution in [3.63, 3.8) is 0 Å². The molecule has 1 unspecified atom stereocenters. The van der Waals surface area contributed by atoms with E-state index in [2.05, 4.69) is 28.4 Å². The fourth-order valence-electron chi connectivity index (χ4n) is 3.39. The van der Waals surface area contributed by atoms with Crippen LogP contribution in [-0.2, 0) is 24.4 Å². The lowest BCUT2D eigenvalue weighted by atomic mass is 9.96. The molecular weight excluding hydrogens is 340 g/mol. The van der Waals surface area contributed by atoms with E-state index >= 15 is 0 Å². The van der Waals surface area contributed by atoms with Crippen LogP contribution in [0, 0.1) is 0 Å². The van der Waals surface area contributed by atoms with Crippen LogP contribution in [0.4, 0.5) is 0 Å². The fraction of sp³-hybridized carbons (Fsp3) is 0.409. The molecule has 5 nitrogen and oxygen atoms in total. The summed E-state index contributed by atoms with van der Waals surface area (Å²) in [6.45, 7) is 8.26. The van der Waals surface area contributed by atoms with Crippen molar-refractivity contribution in [2.75, 3.05) is 6.54 Å². The highest BCUT2D eigenvalue weighted by Crippen LogP contribution is 2.31. The third kappa shape index (κ3) is 5.31. The van der Waals surface area contributed by atoms with Crippen molar-refractivity contribution in [3.8, 4) is 5.75 Å². The normalized spacial score (nSPS) is 16.9. The molecule has 1 amide bonds. The molecule has 0 bridgehead atoms. The van der Waals surface area contributed by atoms with Crippen molar-refractivity contribution in [2.24, 2.45) is 0 Å². The summed E-state index contributed by atoms with van der Waals surface area (Å²) in [5.41, 5.74) is 4.38. The van der Waals surface area contributed by atoms with Crippen molar-refractivity contribution < 1.29 is 14.6 Å². The number of ether oxygens (including phenoxy) is 1. The number of hydrogen-bond donors (Lipinski definition) is 2. The van der Waals surface area contributed by atoms with Crippen LogP contribution in [0.1, 0.15) is 49.1 Å². The lowest BCUT2D eigenvalue weighted by Crippen LogP contribution is -2.33. The van der Waals surface area contributed by atoms with Crippen LogP contribution in [0.3, 0.4) is 0 Å². The molecule has 2 N–H and O–H groups in total. The minimum Gasteiger partial charge on any atom is -0.491 e. The zero-order chi connectivity index (χ0) is 19.4. The second-order valence-corrected chi connectivity index (χ2v) is 7.44. The Morgan fingerprint density at radius 2 is 1.93 bits per heavy atom. The van der Waals surface area contributed by atoms with Crippen molar-refractivity contribution >= 4 is 5.91 Å². The Morgan fingerprint density at radius 1 is 1.22 bits per heavy atom. The van der Waals surface area contributed by atoms with Crippen molar-refractivity contribution in [1.29, 1.82) is 0 Å². The molecule has 5 heteroatoms. The molecule has 2 aromatic rings. The molecule has 0 aliphatic carbocycles. The smallest absolute Gasteiger partial charge is 0.217 e. The van der Waals surface area contributed by atoms with Gasteiger partial charge >= 0.3 is 0 Å². The van der Waals surface area contributed by atoms with Gasteiger partial charge in [0.2, 0.25) is 5.91 Å². The van der Waals surface area contributed by atoms with Crippen molar-refractivity contribution in [2.45, 2.75) is 52.6 Å². The Balaban J connectivity index is 1.64. The van der Waals surface area contributed by atoms with Crippen LogP contribution in [0.2, 0.25) is 0 Å². The molecule has 0 radical (unpaired) electrons. The molecule has 144 valence electrons. The topological polar surface area (TPSA) is 61.8 Å². The lowest BCUT2D eigenvalue weighted by Gasteiger charge is -2.32. The molecule has 27 heavy (non-hydrogen) atoms. The largest absolute Gasteiger partial charge is 0.491 e. The maximum absolute atomic E-state index is 11.0. The zero-order valence-electron chi connectivity index (χ0n) is 16.2. The third-order valence-corrected chi connectivity index (χ3v) is 4.64. The molecule has 3 rings (SSSR count). The molecular formula is C22H28N2O3. The Morgan fingerprint density at radius 3 is 2.59 bits per heavy atom. The summed E-state index contributed by atoms with van der Waals surface area (Å²) in [5.74, 6) is 0.785. The maximum atomic E-state index is 11.0. The average Bonchev–Trinajstić information content (AvgIpc) is 2.61. The summed E-state index contributed by atoms with van der Waals surface area (Å²) in [6.07, 6.45) is -0.391. The molecule has 0 aromatic heterocycles. The second-order valence-electron chi connectivity index (χ2n) is 7.44. The number of carbonyl (C=O) groups is 1. The number of carbonyl (C=O) groups excluding carboxylic acids is 1. The van der Waals surface area contributed by atoms with Gasteiger partial charge in [0.15, 0.2) is 0 Å². The first-order chi connectivity index (χ1) is 12.9. The quantitative estimate of drug-likeness (QED) is 0.822. The van der Waals surface area contributed by atoms with E-state index in [-0.39, 0.29) is 12.0 Å². The van der Waals surface area contributed by atoms with Crippen LogP contribution in [0.5, 0.6) is 5.75 Å². The number of aliphatic hydroxyl groups is 1. The number of amides is 1. The van der Waals surface area contributed by atoms with Crippen LogP contribution in [0.15, 0.2) is 42.5 Å². The minimum atomic E-state index is -0.511. The predicted octanol–water partition coefficient (Wildman–Crippen LogP) is 3.16. The number of benzene rings is 2. The van der Waals surface area contributed by atoms with E-state index in [1.807, 2.05) is 38.1 Å². The van der Waals surface area contributed by atoms with Gasteiger partial charge in [0.05, 0.1) is 12.2 Å². The molecule has 1 atom stereocenters. The summed E-state index contributed by atoms with van der Waals surface area (Å²) in [6, 6.07) is 14.2. The Bertz CT molecular complexity index is 787. The highest BCUT2D eigenvalue weighted by molar-refractivity contribution is 5.72. The van der Waals surface area contributed by atoms with E-state index in [1.165, 1.54) is 12.5 Å². The van der Waals surface area contributed by atoms with Crippen LogP contribution >= 0.6 is 0 Å². The Labute approximate surface area is 161 Å². The third-order valence-electron chi connectivity index (χ3n) is 4.64. The first kappa shape index (κ1) is 19.4. The molecule has 0 fully saturated rings. The van der Waals surface area contributed by atoms with E-state index in [0.717, 1.165) is 35.5 Å². The molecule has 1 aliphatic rings. The Hall–Kier alpha value is -2.37. The van der Waals surface area contributed by atoms with Crippen molar-refractivity contribution in [3.05, 3.63) is 64.7 Å². The van der Waals surface area contributed by atoms with Crippen molar-refractivity contribution in [1.82, 2.24) is 10.2 Å². The van der Waals surface area contributed by atoms with E-state index in [9.17, 15) is 9.90 Å². The number of nitrogens with one attached hydrogen (secondary N) is 1. The van der Waals surface area contributed by atoms with Gasteiger partial charge in [-0.2, -0.15) is 0 Å². The SMILES string of the molecule is CC(=O)NCc1ccc(CN2Cc3ccc(OC(C)C)cc3C(O)C2)cc1. The monoisotopic (exact) mass is 368 g/mol. The molecule has 0 saturated carbocycles. The number of nitrogens with zero attached hydrogens (tertiary/aromatic N) is 1. The second kappa shape index (κ2) is 8.55. The Kier molecular flexibility index (Phi) is 6.14. The maximum Gasteiger partial charge on any atom is 0.217 e. The lowest BCUT2D eigenvalue weighted by molar-refractivity contribution is -0.119. The summed E-state index contributed by atoms with van der Waals surface area (Å²) in [7, 11) is 0. The van der Waals surface area contributed by atoms with Gasteiger partial charge in [-0.05, 0) is 48.2 Å². The minimum absolute atomic E-state index is 0.0259. The van der Waals surface area contributed by atoms with Gasteiger partial charge < -0.3 is 15.2 Å². The standard InChI is InChI=1S/C22H28N2O3/c1-15(2)27-20-9-8-19-13-24(14-22(26)21(19)10-20)12-18-6-4-17(5-7-18)11-23-16(3)25/h4-10,15,22,26H,11-14H2,1-3H3,(H,23,25). The molecule has 0 saturated heterocycles. The van der Waals surface area contributed by atoms with Gasteiger partial charge in [-0.15, -0.1) is 0 Å². The highest BCUT2D eigenvalue weighted by Gasteiger charge is 2.24. The van der Waals surface area contributed by atoms with Gasteiger partial charge in [0.1, 0.15) is 5.75 Å².